The molecule has 2 aromatic heterocycles. The largest absolute Gasteiger partial charge is 0.478 e. The van der Waals surface area contributed by atoms with E-state index in [2.05, 4.69) is 20.5 Å². The first kappa shape index (κ1) is 13.0. The standard InChI is InChI=1S/C12H15N5O2/c1-8-5-9(12(18)19)6-10(15-8)13-4-3-11-16-14-7-17(11)2/h5-7H,3-4H2,1-2H3,(H,13,15)(H,18,19). The maximum atomic E-state index is 10.9. The third-order valence-corrected chi connectivity index (χ3v) is 2.66. The average molecular weight is 261 g/mol. The second-order valence-electron chi connectivity index (χ2n) is 4.22. The van der Waals surface area contributed by atoms with Crippen LogP contribution in [0.5, 0.6) is 0 Å². The quantitative estimate of drug-likeness (QED) is 0.829. The lowest BCUT2D eigenvalue weighted by Crippen LogP contribution is -2.11. The Kier molecular flexibility index (Phi) is 3.74. The third kappa shape index (κ3) is 3.27. The molecule has 0 atom stereocenters. The molecule has 7 heteroatoms. The van der Waals surface area contributed by atoms with Crippen molar-refractivity contribution in [2.75, 3.05) is 11.9 Å². The molecule has 2 heterocycles. The molecule has 19 heavy (non-hydrogen) atoms. The zero-order valence-corrected chi connectivity index (χ0v) is 10.8. The molecule has 0 spiro atoms. The van der Waals surface area contributed by atoms with Crippen molar-refractivity contribution in [1.29, 1.82) is 0 Å². The Morgan fingerprint density at radius 3 is 2.89 bits per heavy atom. The van der Waals surface area contributed by atoms with Gasteiger partial charge in [0.05, 0.1) is 5.56 Å². The van der Waals surface area contributed by atoms with Gasteiger partial charge in [-0.2, -0.15) is 0 Å². The van der Waals surface area contributed by atoms with Crippen LogP contribution in [0.4, 0.5) is 5.82 Å². The van der Waals surface area contributed by atoms with Crippen LogP contribution in [0.2, 0.25) is 0 Å². The summed E-state index contributed by atoms with van der Waals surface area (Å²) in [6.07, 6.45) is 2.33. The summed E-state index contributed by atoms with van der Waals surface area (Å²) in [7, 11) is 1.88. The van der Waals surface area contributed by atoms with Gasteiger partial charge in [-0.15, -0.1) is 10.2 Å². The predicted octanol–water partition coefficient (Wildman–Crippen LogP) is 0.871. The molecule has 7 nitrogen and oxygen atoms in total. The molecule has 0 fully saturated rings. The van der Waals surface area contributed by atoms with Gasteiger partial charge in [0, 0.05) is 25.7 Å². The van der Waals surface area contributed by atoms with Gasteiger partial charge in [0.15, 0.2) is 0 Å². The molecule has 0 bridgehead atoms. The van der Waals surface area contributed by atoms with E-state index in [4.69, 9.17) is 5.11 Å². The van der Waals surface area contributed by atoms with Gasteiger partial charge in [0.2, 0.25) is 0 Å². The fraction of sp³-hybridized carbons (Fsp3) is 0.333. The fourth-order valence-electron chi connectivity index (χ4n) is 1.72. The molecule has 0 aliphatic carbocycles. The number of aromatic carboxylic acids is 1. The number of hydrogen-bond acceptors (Lipinski definition) is 5. The fourth-order valence-corrected chi connectivity index (χ4v) is 1.72. The first-order valence-electron chi connectivity index (χ1n) is 5.85. The number of pyridine rings is 1. The van der Waals surface area contributed by atoms with Crippen LogP contribution in [0.3, 0.4) is 0 Å². The minimum absolute atomic E-state index is 0.230. The van der Waals surface area contributed by atoms with Crippen LogP contribution in [-0.2, 0) is 13.5 Å². The number of carboxylic acids is 1. The molecule has 2 aromatic rings. The van der Waals surface area contributed by atoms with E-state index in [-0.39, 0.29) is 5.56 Å². The summed E-state index contributed by atoms with van der Waals surface area (Å²) in [6, 6.07) is 3.06. The maximum Gasteiger partial charge on any atom is 0.335 e. The van der Waals surface area contributed by atoms with Crippen LogP contribution in [0.1, 0.15) is 21.9 Å². The van der Waals surface area contributed by atoms with Crippen molar-refractivity contribution in [2.24, 2.45) is 7.05 Å². The summed E-state index contributed by atoms with van der Waals surface area (Å²) in [5.41, 5.74) is 0.898. The number of nitrogens with one attached hydrogen (secondary N) is 1. The SMILES string of the molecule is Cc1cc(C(=O)O)cc(NCCc2nncn2C)n1. The Morgan fingerprint density at radius 1 is 1.47 bits per heavy atom. The number of aromatic nitrogens is 4. The van der Waals surface area contributed by atoms with Gasteiger partial charge in [-0.1, -0.05) is 0 Å². The second-order valence-corrected chi connectivity index (χ2v) is 4.22. The van der Waals surface area contributed by atoms with Crippen LogP contribution >= 0.6 is 0 Å². The topological polar surface area (TPSA) is 92.9 Å². The minimum atomic E-state index is -0.957. The van der Waals surface area contributed by atoms with Crippen LogP contribution in [-0.4, -0.2) is 37.4 Å². The van der Waals surface area contributed by atoms with E-state index < -0.39 is 5.97 Å². The zero-order valence-electron chi connectivity index (χ0n) is 10.8. The highest BCUT2D eigenvalue weighted by atomic mass is 16.4. The van der Waals surface area contributed by atoms with Crippen molar-refractivity contribution < 1.29 is 9.90 Å². The first-order chi connectivity index (χ1) is 9.06. The van der Waals surface area contributed by atoms with Crippen molar-refractivity contribution in [2.45, 2.75) is 13.3 Å². The molecule has 0 unspecified atom stereocenters. The van der Waals surface area contributed by atoms with E-state index in [1.54, 1.807) is 13.3 Å². The Balaban J connectivity index is 2.00. The monoisotopic (exact) mass is 261 g/mol. The molecule has 0 aliphatic heterocycles. The number of hydrogen-bond donors (Lipinski definition) is 2. The highest BCUT2D eigenvalue weighted by molar-refractivity contribution is 5.88. The van der Waals surface area contributed by atoms with E-state index in [9.17, 15) is 4.79 Å². The van der Waals surface area contributed by atoms with Crippen molar-refractivity contribution in [3.63, 3.8) is 0 Å². The molecule has 0 radical (unpaired) electrons. The molecule has 2 rings (SSSR count). The van der Waals surface area contributed by atoms with Crippen LogP contribution in [0.15, 0.2) is 18.5 Å². The molecule has 100 valence electrons. The van der Waals surface area contributed by atoms with Gasteiger partial charge in [-0.25, -0.2) is 9.78 Å². The lowest BCUT2D eigenvalue weighted by molar-refractivity contribution is 0.0696. The number of carboxylic acid groups (broad SMARTS) is 1. The lowest BCUT2D eigenvalue weighted by atomic mass is 10.2. The Morgan fingerprint density at radius 2 is 2.26 bits per heavy atom. The Bertz CT molecular complexity index is 594. The minimum Gasteiger partial charge on any atom is -0.478 e. The van der Waals surface area contributed by atoms with Gasteiger partial charge in [0.25, 0.3) is 0 Å². The smallest absolute Gasteiger partial charge is 0.335 e. The lowest BCUT2D eigenvalue weighted by Gasteiger charge is -2.07. The normalized spacial score (nSPS) is 10.4. The second kappa shape index (κ2) is 5.47. The van der Waals surface area contributed by atoms with Gasteiger partial charge in [-0.3, -0.25) is 0 Å². The van der Waals surface area contributed by atoms with E-state index in [0.29, 0.717) is 24.5 Å². The van der Waals surface area contributed by atoms with Gasteiger partial charge in [-0.05, 0) is 19.1 Å². The third-order valence-electron chi connectivity index (χ3n) is 2.66. The van der Waals surface area contributed by atoms with Crippen LogP contribution < -0.4 is 5.32 Å². The molecule has 0 saturated heterocycles. The average Bonchev–Trinajstić information content (AvgIpc) is 2.74. The van der Waals surface area contributed by atoms with E-state index in [0.717, 1.165) is 5.82 Å². The molecule has 0 amide bonds. The molecular formula is C12H15N5O2. The number of rotatable bonds is 5. The number of anilines is 1. The van der Waals surface area contributed by atoms with E-state index in [1.165, 1.54) is 12.1 Å². The summed E-state index contributed by atoms with van der Waals surface area (Å²) in [6.45, 7) is 2.38. The zero-order chi connectivity index (χ0) is 13.8. The Hall–Kier alpha value is -2.44. The van der Waals surface area contributed by atoms with Crippen molar-refractivity contribution in [1.82, 2.24) is 19.7 Å². The maximum absolute atomic E-state index is 10.9. The summed E-state index contributed by atoms with van der Waals surface area (Å²) in [5.74, 6) is 0.458. The molecule has 0 aliphatic rings. The number of nitrogens with zero attached hydrogens (tertiary/aromatic N) is 4. The highest BCUT2D eigenvalue weighted by Crippen LogP contribution is 2.10. The van der Waals surface area contributed by atoms with E-state index in [1.807, 2.05) is 11.6 Å². The molecule has 2 N–H and O–H groups in total. The predicted molar refractivity (Wildman–Crippen MR) is 69.1 cm³/mol. The van der Waals surface area contributed by atoms with Crippen molar-refractivity contribution in [3.05, 3.63) is 35.5 Å². The van der Waals surface area contributed by atoms with E-state index >= 15 is 0 Å². The molecular weight excluding hydrogens is 246 g/mol. The summed E-state index contributed by atoms with van der Waals surface area (Å²) < 4.78 is 1.84. The Labute approximate surface area is 110 Å². The van der Waals surface area contributed by atoms with Crippen LogP contribution in [0.25, 0.3) is 0 Å². The first-order valence-corrected chi connectivity index (χ1v) is 5.85. The van der Waals surface area contributed by atoms with Crippen molar-refractivity contribution in [3.8, 4) is 0 Å². The van der Waals surface area contributed by atoms with Crippen molar-refractivity contribution >= 4 is 11.8 Å². The molecule has 0 aromatic carbocycles. The highest BCUT2D eigenvalue weighted by Gasteiger charge is 2.07. The van der Waals surface area contributed by atoms with Gasteiger partial charge < -0.3 is 15.0 Å². The summed E-state index contributed by atoms with van der Waals surface area (Å²) in [4.78, 5) is 15.2. The van der Waals surface area contributed by atoms with Gasteiger partial charge >= 0.3 is 5.97 Å². The van der Waals surface area contributed by atoms with Gasteiger partial charge in [0.1, 0.15) is 18.0 Å². The van der Waals surface area contributed by atoms with Crippen LogP contribution in [0, 0.1) is 6.92 Å². The number of carbonyl (C=O) groups is 1. The summed E-state index contributed by atoms with van der Waals surface area (Å²) >= 11 is 0. The summed E-state index contributed by atoms with van der Waals surface area (Å²) in [5, 5.41) is 19.8. The molecule has 0 saturated carbocycles. The number of aryl methyl sites for hydroxylation is 2.